The first-order valence-electron chi connectivity index (χ1n) is 36.3. The van der Waals surface area contributed by atoms with E-state index in [-0.39, 0.29) is 32.2 Å². The number of carboxylic acids is 1. The highest BCUT2D eigenvalue weighted by Gasteiger charge is 2.25. The van der Waals surface area contributed by atoms with Gasteiger partial charge in [-0.15, -0.1) is 0 Å². The van der Waals surface area contributed by atoms with Gasteiger partial charge in [0.1, 0.15) is 13.2 Å². The number of esters is 2. The van der Waals surface area contributed by atoms with E-state index in [2.05, 4.69) is 148 Å². The molecule has 0 saturated heterocycles. The molecule has 0 rings (SSSR count). The smallest absolute Gasteiger partial charge is 0.361 e. The molecule has 0 aliphatic carbocycles. The number of rotatable bonds is 66. The fourth-order valence-corrected chi connectivity index (χ4v) is 9.93. The number of hydrogen-bond acceptors (Lipinski definition) is 7. The maximum Gasteiger partial charge on any atom is 0.361 e. The van der Waals surface area contributed by atoms with Crippen molar-refractivity contribution in [1.29, 1.82) is 0 Å². The van der Waals surface area contributed by atoms with Gasteiger partial charge in [-0.25, -0.2) is 4.79 Å². The molecule has 0 aromatic heterocycles. The molecule has 9 heteroatoms. The molecule has 0 aromatic rings. The second kappa shape index (κ2) is 69.3. The predicted molar refractivity (Wildman–Crippen MR) is 382 cm³/mol. The van der Waals surface area contributed by atoms with Crippen molar-refractivity contribution in [2.24, 2.45) is 0 Å². The van der Waals surface area contributed by atoms with Gasteiger partial charge in [-0.05, 0) is 109 Å². The molecule has 2 unspecified atom stereocenters. The van der Waals surface area contributed by atoms with Crippen LogP contribution in [0.4, 0.5) is 0 Å². The molecule has 0 saturated carbocycles. The average molecular weight is 1240 g/mol. The van der Waals surface area contributed by atoms with E-state index in [0.717, 1.165) is 116 Å². The minimum Gasteiger partial charge on any atom is -0.477 e. The van der Waals surface area contributed by atoms with Crippen molar-refractivity contribution < 1.29 is 42.9 Å². The highest BCUT2D eigenvalue weighted by Crippen LogP contribution is 2.18. The molecule has 0 amide bonds. The molecule has 0 spiro atoms. The fraction of sp³-hybridized carbons (Fsp3) is 0.688. The second-order valence-corrected chi connectivity index (χ2v) is 25.1. The lowest BCUT2D eigenvalue weighted by Crippen LogP contribution is -2.40. The predicted octanol–water partition coefficient (Wildman–Crippen LogP) is 22.9. The lowest BCUT2D eigenvalue weighted by molar-refractivity contribution is -0.870. The van der Waals surface area contributed by atoms with E-state index in [1.54, 1.807) is 0 Å². The van der Waals surface area contributed by atoms with Gasteiger partial charge < -0.3 is 28.5 Å². The van der Waals surface area contributed by atoms with Crippen molar-refractivity contribution >= 4 is 17.9 Å². The highest BCUT2D eigenvalue weighted by molar-refractivity contribution is 5.71. The summed E-state index contributed by atoms with van der Waals surface area (Å²) in [7, 11) is 5.96. The van der Waals surface area contributed by atoms with Gasteiger partial charge in [0.05, 0.1) is 34.4 Å². The number of hydrogen-bond donors (Lipinski definition) is 1. The summed E-state index contributed by atoms with van der Waals surface area (Å²) in [5, 5.41) is 9.74. The summed E-state index contributed by atoms with van der Waals surface area (Å²) in [6.45, 7) is 4.63. The van der Waals surface area contributed by atoms with Crippen molar-refractivity contribution in [2.75, 3.05) is 47.5 Å². The third kappa shape index (κ3) is 70.7. The van der Waals surface area contributed by atoms with Gasteiger partial charge in [-0.3, -0.25) is 9.59 Å². The van der Waals surface area contributed by atoms with Crippen LogP contribution in [0.1, 0.15) is 296 Å². The Kier molecular flexibility index (Phi) is 65.8. The second-order valence-electron chi connectivity index (χ2n) is 25.1. The minimum absolute atomic E-state index is 0.178. The zero-order valence-electron chi connectivity index (χ0n) is 58.0. The summed E-state index contributed by atoms with van der Waals surface area (Å²) in [6.07, 6.45) is 97.3. The van der Waals surface area contributed by atoms with Gasteiger partial charge in [-0.1, -0.05) is 308 Å². The molecule has 2 atom stereocenters. The first-order valence-corrected chi connectivity index (χ1v) is 36.3. The number of carbonyl (C=O) groups is 3. The Balaban J connectivity index is 4.03. The number of allylic oxidation sites excluding steroid dienone is 22. The van der Waals surface area contributed by atoms with Gasteiger partial charge in [0.15, 0.2) is 6.10 Å². The van der Waals surface area contributed by atoms with Crippen LogP contribution in [-0.2, 0) is 33.3 Å². The van der Waals surface area contributed by atoms with Crippen molar-refractivity contribution in [1.82, 2.24) is 0 Å². The van der Waals surface area contributed by atoms with Gasteiger partial charge in [0, 0.05) is 12.8 Å². The van der Waals surface area contributed by atoms with Crippen LogP contribution in [-0.4, -0.2) is 87.4 Å². The Bertz CT molecular complexity index is 1930. The summed E-state index contributed by atoms with van der Waals surface area (Å²) in [5.74, 6) is -2.04. The third-order valence-corrected chi connectivity index (χ3v) is 15.4. The van der Waals surface area contributed by atoms with Crippen LogP contribution >= 0.6 is 0 Å². The summed E-state index contributed by atoms with van der Waals surface area (Å²) >= 11 is 0. The quantitative estimate of drug-likeness (QED) is 0.0211. The monoisotopic (exact) mass is 1240 g/mol. The number of carbonyl (C=O) groups excluding carboxylic acids is 2. The topological polar surface area (TPSA) is 108 Å². The van der Waals surface area contributed by atoms with Crippen LogP contribution in [0.15, 0.2) is 134 Å². The molecule has 9 nitrogen and oxygen atoms in total. The van der Waals surface area contributed by atoms with E-state index < -0.39 is 24.3 Å². The van der Waals surface area contributed by atoms with E-state index in [4.69, 9.17) is 18.9 Å². The van der Waals surface area contributed by atoms with Crippen LogP contribution in [0.25, 0.3) is 0 Å². The van der Waals surface area contributed by atoms with Crippen molar-refractivity contribution in [3.8, 4) is 0 Å². The Labute approximate surface area is 548 Å². The molecule has 89 heavy (non-hydrogen) atoms. The number of carboxylic acid groups (broad SMARTS) is 1. The van der Waals surface area contributed by atoms with Gasteiger partial charge in [0.2, 0.25) is 0 Å². The van der Waals surface area contributed by atoms with E-state index in [1.807, 2.05) is 21.1 Å². The molecule has 0 bridgehead atoms. The zero-order chi connectivity index (χ0) is 64.7. The number of ether oxygens (including phenoxy) is 4. The average Bonchev–Trinajstić information content (AvgIpc) is 3.64. The lowest BCUT2D eigenvalue weighted by Gasteiger charge is -2.25. The van der Waals surface area contributed by atoms with Gasteiger partial charge >= 0.3 is 17.9 Å². The number of likely N-dealkylation sites (N-methyl/N-ethyl adjacent to an activating group) is 1. The van der Waals surface area contributed by atoms with E-state index in [0.29, 0.717) is 23.9 Å². The van der Waals surface area contributed by atoms with Gasteiger partial charge in [0.25, 0.3) is 6.29 Å². The van der Waals surface area contributed by atoms with Crippen molar-refractivity contribution in [3.05, 3.63) is 134 Å². The number of aliphatic carboxylic acids is 1. The van der Waals surface area contributed by atoms with Crippen LogP contribution < -0.4 is 0 Å². The molecular weight excluding hydrogens is 1100 g/mol. The molecule has 1 N–H and O–H groups in total. The summed E-state index contributed by atoms with van der Waals surface area (Å²) < 4.78 is 22.9. The number of quaternary nitrogens is 1. The summed E-state index contributed by atoms with van der Waals surface area (Å²) in [5.41, 5.74) is 0. The Morgan fingerprint density at radius 1 is 0.337 bits per heavy atom. The summed E-state index contributed by atoms with van der Waals surface area (Å²) in [6, 6.07) is 0. The largest absolute Gasteiger partial charge is 0.477 e. The summed E-state index contributed by atoms with van der Waals surface area (Å²) in [4.78, 5) is 37.6. The Morgan fingerprint density at radius 2 is 0.607 bits per heavy atom. The van der Waals surface area contributed by atoms with Crippen LogP contribution in [0.3, 0.4) is 0 Å². The van der Waals surface area contributed by atoms with E-state index in [1.165, 1.54) is 148 Å². The first-order chi connectivity index (χ1) is 43.6. The molecule has 508 valence electrons. The lowest BCUT2D eigenvalue weighted by atomic mass is 10.0. The maximum atomic E-state index is 12.9. The Hall–Kier alpha value is -4.57. The molecule has 0 fully saturated rings. The van der Waals surface area contributed by atoms with E-state index in [9.17, 15) is 19.5 Å². The SMILES string of the molecule is CC/C=C\C/C=C\C/C=C\C/C=C\C/C=C\C/C=C\CCCCCCC(=O)OC(COC(=O)CCCCCCCCCCCCCCCCCCCCCCCCCCC/C=C\C/C=C\C/C=C\C/C=C\C/C=C\CC)COC(OCC[N+](C)(C)C)C(=O)O. The molecule has 0 radical (unpaired) electrons. The standard InChI is InChI=1S/C80H135NO8/c1-6-8-10-12-14-16-18-20-22-24-26-28-30-31-32-33-34-35-36-37-38-39-40-41-42-43-44-45-46-47-49-50-52-54-56-58-60-62-64-66-68-70-77(82)87-74-76(75-88-80(79(84)85)86-73-72-81(3,4)5)89-78(83)71-69-67-65-63-61-59-57-55-53-51-48-29-27-25-23-21-19-17-15-13-11-9-7-2/h8-11,14-17,20-23,26-29,31-32,51,53,57,59,76,80H,6-7,12-13,18-19,24-25,30,33-50,52,54-56,58,60-75H2,1-5H3/p+1/b10-8-,11-9-,16-14-,17-15-,22-20-,23-21-,28-26-,29-27-,32-31-,53-51-,59-57-. The van der Waals surface area contributed by atoms with E-state index >= 15 is 0 Å². The maximum absolute atomic E-state index is 12.9. The van der Waals surface area contributed by atoms with Crippen molar-refractivity contribution in [3.63, 3.8) is 0 Å². The molecule has 0 aliphatic heterocycles. The fourth-order valence-electron chi connectivity index (χ4n) is 9.93. The van der Waals surface area contributed by atoms with Crippen LogP contribution in [0.2, 0.25) is 0 Å². The Morgan fingerprint density at radius 3 is 0.899 bits per heavy atom. The minimum atomic E-state index is -1.52. The molecule has 0 aliphatic rings. The number of nitrogens with zero attached hydrogens (tertiary/aromatic N) is 1. The van der Waals surface area contributed by atoms with Crippen LogP contribution in [0, 0.1) is 0 Å². The third-order valence-electron chi connectivity index (χ3n) is 15.4. The molecule has 0 heterocycles. The van der Waals surface area contributed by atoms with Crippen molar-refractivity contribution in [2.45, 2.75) is 309 Å². The molecule has 0 aromatic carbocycles. The van der Waals surface area contributed by atoms with Gasteiger partial charge in [-0.2, -0.15) is 0 Å². The zero-order valence-corrected chi connectivity index (χ0v) is 58.0. The number of unbranched alkanes of at least 4 members (excludes halogenated alkanes) is 29. The first kappa shape index (κ1) is 84.4. The highest BCUT2D eigenvalue weighted by atomic mass is 16.7. The molecular formula is C80H136NO8+. The normalized spacial score (nSPS) is 13.5. The van der Waals surface area contributed by atoms with Crippen LogP contribution in [0.5, 0.6) is 0 Å².